The van der Waals surface area contributed by atoms with E-state index in [4.69, 9.17) is 0 Å². The van der Waals surface area contributed by atoms with E-state index in [-0.39, 0.29) is 6.54 Å². The molecular weight excluding hydrogens is 232 g/mol. The number of carbonyl (C=O) groups is 2. The Morgan fingerprint density at radius 1 is 1.39 bits per heavy atom. The SMILES string of the molecule is Cc1ccccc1NC(=O)C(=O)N1CC[C@@H](O)C1. The van der Waals surface area contributed by atoms with Crippen molar-refractivity contribution in [3.8, 4) is 0 Å². The van der Waals surface area contributed by atoms with Crippen LogP contribution in [0, 0.1) is 6.92 Å². The number of aliphatic hydroxyl groups excluding tert-OH is 1. The highest BCUT2D eigenvalue weighted by Crippen LogP contribution is 2.14. The fraction of sp³-hybridized carbons (Fsp3) is 0.385. The second-order valence-electron chi connectivity index (χ2n) is 4.46. The van der Waals surface area contributed by atoms with E-state index >= 15 is 0 Å². The molecule has 1 aliphatic rings. The first kappa shape index (κ1) is 12.6. The number of benzene rings is 1. The fourth-order valence-corrected chi connectivity index (χ4v) is 1.96. The lowest BCUT2D eigenvalue weighted by molar-refractivity contribution is -0.142. The number of aryl methyl sites for hydroxylation is 1. The first-order valence-electron chi connectivity index (χ1n) is 5.92. The third-order valence-electron chi connectivity index (χ3n) is 3.04. The molecule has 2 rings (SSSR count). The van der Waals surface area contributed by atoms with E-state index < -0.39 is 17.9 Å². The third kappa shape index (κ3) is 2.68. The maximum absolute atomic E-state index is 11.8. The van der Waals surface area contributed by atoms with Gasteiger partial charge < -0.3 is 15.3 Å². The van der Waals surface area contributed by atoms with Crippen molar-refractivity contribution in [2.24, 2.45) is 0 Å². The van der Waals surface area contributed by atoms with Gasteiger partial charge in [-0.05, 0) is 25.0 Å². The summed E-state index contributed by atoms with van der Waals surface area (Å²) in [6, 6.07) is 7.27. The Bertz CT molecular complexity index is 473. The Balaban J connectivity index is 2.00. The summed E-state index contributed by atoms with van der Waals surface area (Å²) in [7, 11) is 0. The number of nitrogens with one attached hydrogen (secondary N) is 1. The molecule has 18 heavy (non-hydrogen) atoms. The van der Waals surface area contributed by atoms with Crippen LogP contribution in [0.3, 0.4) is 0 Å². The van der Waals surface area contributed by atoms with Gasteiger partial charge in [0.1, 0.15) is 0 Å². The number of aliphatic hydroxyl groups is 1. The van der Waals surface area contributed by atoms with Gasteiger partial charge in [-0.25, -0.2) is 0 Å². The Hall–Kier alpha value is -1.88. The summed E-state index contributed by atoms with van der Waals surface area (Å²) in [5, 5.41) is 11.9. The van der Waals surface area contributed by atoms with Gasteiger partial charge in [-0.3, -0.25) is 9.59 Å². The van der Waals surface area contributed by atoms with Crippen LogP contribution in [0.2, 0.25) is 0 Å². The molecule has 1 aromatic carbocycles. The number of para-hydroxylation sites is 1. The van der Waals surface area contributed by atoms with Gasteiger partial charge in [-0.15, -0.1) is 0 Å². The molecule has 2 amide bonds. The second-order valence-corrected chi connectivity index (χ2v) is 4.46. The first-order valence-corrected chi connectivity index (χ1v) is 5.92. The monoisotopic (exact) mass is 248 g/mol. The van der Waals surface area contributed by atoms with Crippen LogP contribution in [0.15, 0.2) is 24.3 Å². The van der Waals surface area contributed by atoms with Gasteiger partial charge in [0.15, 0.2) is 0 Å². The highest BCUT2D eigenvalue weighted by Gasteiger charge is 2.28. The predicted molar refractivity (Wildman–Crippen MR) is 67.0 cm³/mol. The molecule has 1 fully saturated rings. The molecule has 0 unspecified atom stereocenters. The van der Waals surface area contributed by atoms with E-state index in [0.717, 1.165) is 5.56 Å². The molecule has 1 heterocycles. The Morgan fingerprint density at radius 2 is 2.11 bits per heavy atom. The molecule has 0 radical (unpaired) electrons. The van der Waals surface area contributed by atoms with Crippen molar-refractivity contribution in [3.05, 3.63) is 29.8 Å². The van der Waals surface area contributed by atoms with Crippen molar-refractivity contribution in [2.75, 3.05) is 18.4 Å². The van der Waals surface area contributed by atoms with Crippen molar-refractivity contribution in [2.45, 2.75) is 19.4 Å². The van der Waals surface area contributed by atoms with Gasteiger partial charge in [0.05, 0.1) is 6.10 Å². The maximum atomic E-state index is 11.8. The zero-order valence-corrected chi connectivity index (χ0v) is 10.2. The summed E-state index contributed by atoms with van der Waals surface area (Å²) in [5.74, 6) is -1.24. The Labute approximate surface area is 105 Å². The van der Waals surface area contributed by atoms with Gasteiger partial charge in [0.25, 0.3) is 0 Å². The lowest BCUT2D eigenvalue weighted by atomic mass is 10.2. The number of likely N-dealkylation sites (tertiary alicyclic amines) is 1. The van der Waals surface area contributed by atoms with Gasteiger partial charge in [-0.2, -0.15) is 0 Å². The molecule has 1 aliphatic heterocycles. The van der Waals surface area contributed by atoms with Gasteiger partial charge >= 0.3 is 11.8 Å². The van der Waals surface area contributed by atoms with E-state index in [1.165, 1.54) is 4.90 Å². The van der Waals surface area contributed by atoms with Crippen LogP contribution in [0.25, 0.3) is 0 Å². The third-order valence-corrected chi connectivity index (χ3v) is 3.04. The van der Waals surface area contributed by atoms with Crippen LogP contribution >= 0.6 is 0 Å². The predicted octanol–water partition coefficient (Wildman–Crippen LogP) is 0.527. The maximum Gasteiger partial charge on any atom is 0.313 e. The van der Waals surface area contributed by atoms with Crippen molar-refractivity contribution in [1.82, 2.24) is 4.90 Å². The number of hydrogen-bond donors (Lipinski definition) is 2. The van der Waals surface area contributed by atoms with Crippen LogP contribution in [-0.2, 0) is 9.59 Å². The molecule has 2 N–H and O–H groups in total. The van der Waals surface area contributed by atoms with E-state index in [1.807, 2.05) is 19.1 Å². The van der Waals surface area contributed by atoms with Crippen LogP contribution in [0.1, 0.15) is 12.0 Å². The molecule has 1 saturated heterocycles. The molecule has 1 aromatic rings. The van der Waals surface area contributed by atoms with Crippen LogP contribution in [0.5, 0.6) is 0 Å². The molecule has 0 bridgehead atoms. The highest BCUT2D eigenvalue weighted by atomic mass is 16.3. The summed E-state index contributed by atoms with van der Waals surface area (Å²) in [4.78, 5) is 25.0. The Morgan fingerprint density at radius 3 is 2.72 bits per heavy atom. The van der Waals surface area contributed by atoms with Gasteiger partial charge in [0.2, 0.25) is 0 Å². The Kier molecular flexibility index (Phi) is 3.62. The quantitative estimate of drug-likeness (QED) is 0.712. The van der Waals surface area contributed by atoms with E-state index in [9.17, 15) is 14.7 Å². The number of hydrogen-bond acceptors (Lipinski definition) is 3. The average Bonchev–Trinajstić information content (AvgIpc) is 2.78. The largest absolute Gasteiger partial charge is 0.391 e. The average molecular weight is 248 g/mol. The lowest BCUT2D eigenvalue weighted by Gasteiger charge is -2.15. The number of anilines is 1. The minimum Gasteiger partial charge on any atom is -0.391 e. The van der Waals surface area contributed by atoms with Crippen molar-refractivity contribution >= 4 is 17.5 Å². The minimum atomic E-state index is -0.654. The summed E-state index contributed by atoms with van der Waals surface area (Å²) < 4.78 is 0. The molecular formula is C13H16N2O3. The van der Waals surface area contributed by atoms with Crippen LogP contribution in [0.4, 0.5) is 5.69 Å². The molecule has 96 valence electrons. The standard InChI is InChI=1S/C13H16N2O3/c1-9-4-2-3-5-11(9)14-12(17)13(18)15-7-6-10(16)8-15/h2-5,10,16H,6-8H2,1H3,(H,14,17)/t10-/m1/s1. The van der Waals surface area contributed by atoms with Crippen molar-refractivity contribution in [3.63, 3.8) is 0 Å². The highest BCUT2D eigenvalue weighted by molar-refractivity contribution is 6.39. The van der Waals surface area contributed by atoms with Crippen molar-refractivity contribution in [1.29, 1.82) is 0 Å². The number of carbonyl (C=O) groups excluding carboxylic acids is 2. The summed E-state index contributed by atoms with van der Waals surface area (Å²) in [6.45, 7) is 2.53. The minimum absolute atomic E-state index is 0.236. The molecule has 0 aromatic heterocycles. The van der Waals surface area contributed by atoms with Crippen LogP contribution in [-0.4, -0.2) is 41.0 Å². The summed E-state index contributed by atoms with van der Waals surface area (Å²) >= 11 is 0. The first-order chi connectivity index (χ1) is 8.58. The topological polar surface area (TPSA) is 69.6 Å². The molecule has 1 atom stereocenters. The van der Waals surface area contributed by atoms with Crippen LogP contribution < -0.4 is 5.32 Å². The van der Waals surface area contributed by atoms with Gasteiger partial charge in [0, 0.05) is 18.8 Å². The number of β-amino-alcohol motifs (C(OH)–C–C–N with tert-alkyl or cyclic N) is 1. The number of amides is 2. The molecule has 5 heteroatoms. The molecule has 0 saturated carbocycles. The smallest absolute Gasteiger partial charge is 0.313 e. The number of nitrogens with zero attached hydrogens (tertiary/aromatic N) is 1. The lowest BCUT2D eigenvalue weighted by Crippen LogP contribution is -2.38. The van der Waals surface area contributed by atoms with E-state index in [2.05, 4.69) is 5.32 Å². The zero-order valence-electron chi connectivity index (χ0n) is 10.2. The molecule has 0 aliphatic carbocycles. The fourth-order valence-electron chi connectivity index (χ4n) is 1.96. The summed E-state index contributed by atoms with van der Waals surface area (Å²) in [6.07, 6.45) is 0.0174. The number of rotatable bonds is 1. The summed E-state index contributed by atoms with van der Waals surface area (Å²) in [5.41, 5.74) is 1.54. The second kappa shape index (κ2) is 5.18. The molecule has 5 nitrogen and oxygen atoms in total. The van der Waals surface area contributed by atoms with Gasteiger partial charge in [-0.1, -0.05) is 18.2 Å². The van der Waals surface area contributed by atoms with Crippen molar-refractivity contribution < 1.29 is 14.7 Å². The normalized spacial score (nSPS) is 18.8. The molecule has 0 spiro atoms. The van der Waals surface area contributed by atoms with E-state index in [0.29, 0.717) is 18.7 Å². The zero-order chi connectivity index (χ0) is 13.1. The van der Waals surface area contributed by atoms with E-state index in [1.54, 1.807) is 12.1 Å².